The Kier molecular flexibility index (Phi) is 5.32. The second kappa shape index (κ2) is 8.85. The third-order valence-electron chi connectivity index (χ3n) is 7.73. The lowest BCUT2D eigenvalue weighted by Gasteiger charge is -2.26. The topological polar surface area (TPSA) is 70.2 Å². The second-order valence-electron chi connectivity index (χ2n) is 10.3. The second-order valence-corrected chi connectivity index (χ2v) is 10.3. The standard InChI is InChI=1S/C30H30N6O/c1-19-3-7-24(8-4-19)36-16-25-28(17-36)31-18-32-30(25)35-11-12-37-29-10-6-21(13-23(29)15-35)22-5-9-26-27(14-22)34-20(2)33-26/h3-7,9-10,13-14,18,24H,8,11-12,15-17H2,1-2H3,(H,33,34). The molecule has 1 atom stereocenters. The number of aromatic amines is 1. The van der Waals surface area contributed by atoms with E-state index in [0.29, 0.717) is 12.6 Å². The van der Waals surface area contributed by atoms with Gasteiger partial charge in [-0.3, -0.25) is 4.90 Å². The van der Waals surface area contributed by atoms with Gasteiger partial charge in [-0.2, -0.15) is 0 Å². The van der Waals surface area contributed by atoms with Gasteiger partial charge in [0, 0.05) is 36.8 Å². The zero-order chi connectivity index (χ0) is 24.9. The summed E-state index contributed by atoms with van der Waals surface area (Å²) in [6.45, 7) is 8.07. The van der Waals surface area contributed by atoms with Crippen molar-refractivity contribution in [2.24, 2.45) is 0 Å². The van der Waals surface area contributed by atoms with E-state index in [1.807, 2.05) is 6.92 Å². The first-order valence-corrected chi connectivity index (χ1v) is 13.0. The van der Waals surface area contributed by atoms with Gasteiger partial charge in [0.05, 0.1) is 23.3 Å². The van der Waals surface area contributed by atoms with Gasteiger partial charge in [-0.1, -0.05) is 35.9 Å². The summed E-state index contributed by atoms with van der Waals surface area (Å²) in [5.74, 6) is 2.92. The summed E-state index contributed by atoms with van der Waals surface area (Å²) in [6.07, 6.45) is 9.66. The quantitative estimate of drug-likeness (QED) is 0.419. The van der Waals surface area contributed by atoms with Crippen molar-refractivity contribution in [1.29, 1.82) is 0 Å². The summed E-state index contributed by atoms with van der Waals surface area (Å²) in [6, 6.07) is 13.3. The molecule has 7 nitrogen and oxygen atoms in total. The number of nitrogens with one attached hydrogen (secondary N) is 1. The number of fused-ring (bicyclic) bond motifs is 3. The van der Waals surface area contributed by atoms with Crippen molar-refractivity contribution in [3.63, 3.8) is 0 Å². The van der Waals surface area contributed by atoms with Crippen LogP contribution in [0, 0.1) is 6.92 Å². The molecule has 0 bridgehead atoms. The molecule has 4 aromatic rings. The molecule has 0 amide bonds. The molecule has 0 radical (unpaired) electrons. The van der Waals surface area contributed by atoms with Crippen LogP contribution in [-0.4, -0.2) is 44.0 Å². The van der Waals surface area contributed by atoms with Crippen molar-refractivity contribution in [1.82, 2.24) is 24.8 Å². The zero-order valence-corrected chi connectivity index (χ0v) is 21.2. The highest BCUT2D eigenvalue weighted by molar-refractivity contribution is 5.82. The molecule has 0 saturated heterocycles. The molecule has 1 aliphatic carbocycles. The van der Waals surface area contributed by atoms with E-state index in [-0.39, 0.29) is 0 Å². The molecule has 0 fully saturated rings. The molecule has 1 unspecified atom stereocenters. The highest BCUT2D eigenvalue weighted by Gasteiger charge is 2.30. The van der Waals surface area contributed by atoms with E-state index < -0.39 is 0 Å². The molecule has 2 aromatic carbocycles. The van der Waals surface area contributed by atoms with Crippen molar-refractivity contribution in [3.8, 4) is 16.9 Å². The SMILES string of the molecule is CC1=CCC(N2Cc3ncnc(N4CCOc5ccc(-c6ccc7nc(C)[nH]c7c6)cc5C4)c3C2)C=C1. The largest absolute Gasteiger partial charge is 0.491 e. The Balaban J connectivity index is 1.17. The number of benzene rings is 2. The Morgan fingerprint density at radius 2 is 1.89 bits per heavy atom. The number of aromatic nitrogens is 4. The van der Waals surface area contributed by atoms with Gasteiger partial charge >= 0.3 is 0 Å². The fourth-order valence-electron chi connectivity index (χ4n) is 5.75. The van der Waals surface area contributed by atoms with Crippen LogP contribution in [-0.2, 0) is 19.6 Å². The summed E-state index contributed by atoms with van der Waals surface area (Å²) in [5, 5.41) is 0. The van der Waals surface area contributed by atoms with E-state index in [4.69, 9.17) is 9.72 Å². The van der Waals surface area contributed by atoms with Crippen LogP contribution in [0.2, 0.25) is 0 Å². The minimum atomic E-state index is 0.414. The van der Waals surface area contributed by atoms with Gasteiger partial charge in [0.15, 0.2) is 0 Å². The van der Waals surface area contributed by atoms with Crippen LogP contribution in [0.15, 0.2) is 66.5 Å². The predicted molar refractivity (Wildman–Crippen MR) is 145 cm³/mol. The molecule has 4 heterocycles. The van der Waals surface area contributed by atoms with Gasteiger partial charge < -0.3 is 14.6 Å². The molecule has 37 heavy (non-hydrogen) atoms. The highest BCUT2D eigenvalue weighted by Crippen LogP contribution is 2.35. The van der Waals surface area contributed by atoms with Gasteiger partial charge in [0.2, 0.25) is 0 Å². The molecular formula is C30H30N6O. The first kappa shape index (κ1) is 22.2. The summed E-state index contributed by atoms with van der Waals surface area (Å²) in [7, 11) is 0. The van der Waals surface area contributed by atoms with E-state index >= 15 is 0 Å². The number of H-pyrrole nitrogens is 1. The van der Waals surface area contributed by atoms with Crippen LogP contribution in [0.3, 0.4) is 0 Å². The van der Waals surface area contributed by atoms with E-state index in [0.717, 1.165) is 72.3 Å². The van der Waals surface area contributed by atoms with E-state index in [2.05, 4.69) is 86.3 Å². The van der Waals surface area contributed by atoms with Gasteiger partial charge in [-0.15, -0.1) is 0 Å². The minimum Gasteiger partial charge on any atom is -0.491 e. The van der Waals surface area contributed by atoms with Crippen LogP contribution in [0.25, 0.3) is 22.2 Å². The Bertz CT molecular complexity index is 1570. The Labute approximate surface area is 216 Å². The number of aryl methyl sites for hydroxylation is 1. The highest BCUT2D eigenvalue weighted by atomic mass is 16.5. The van der Waals surface area contributed by atoms with Crippen molar-refractivity contribution < 1.29 is 4.74 Å². The molecule has 7 rings (SSSR count). The third-order valence-corrected chi connectivity index (χ3v) is 7.73. The fraction of sp³-hybridized carbons (Fsp3) is 0.300. The predicted octanol–water partition coefficient (Wildman–Crippen LogP) is 5.32. The van der Waals surface area contributed by atoms with Crippen molar-refractivity contribution in [2.45, 2.75) is 45.9 Å². The van der Waals surface area contributed by atoms with Gasteiger partial charge in [0.25, 0.3) is 0 Å². The molecule has 0 spiro atoms. The molecule has 2 aliphatic heterocycles. The Hall–Kier alpha value is -3.97. The number of hydrogen-bond acceptors (Lipinski definition) is 6. The maximum atomic E-state index is 6.18. The zero-order valence-electron chi connectivity index (χ0n) is 21.2. The minimum absolute atomic E-state index is 0.414. The monoisotopic (exact) mass is 490 g/mol. The average Bonchev–Trinajstić information content (AvgIpc) is 3.44. The van der Waals surface area contributed by atoms with E-state index in [1.54, 1.807) is 6.33 Å². The van der Waals surface area contributed by atoms with Crippen molar-refractivity contribution in [2.75, 3.05) is 18.1 Å². The Morgan fingerprint density at radius 3 is 2.78 bits per heavy atom. The fourth-order valence-corrected chi connectivity index (χ4v) is 5.75. The number of hydrogen-bond donors (Lipinski definition) is 1. The lowest BCUT2D eigenvalue weighted by molar-refractivity contribution is 0.233. The molecule has 1 N–H and O–H groups in total. The molecule has 7 heteroatoms. The number of imidazole rings is 1. The number of anilines is 1. The van der Waals surface area contributed by atoms with Crippen LogP contribution < -0.4 is 9.64 Å². The molecular weight excluding hydrogens is 460 g/mol. The summed E-state index contributed by atoms with van der Waals surface area (Å²) in [4.78, 5) is 22.2. The molecule has 0 saturated carbocycles. The van der Waals surface area contributed by atoms with Crippen LogP contribution in [0.1, 0.15) is 36.0 Å². The summed E-state index contributed by atoms with van der Waals surface area (Å²) < 4.78 is 6.18. The van der Waals surface area contributed by atoms with Crippen LogP contribution in [0.5, 0.6) is 5.75 Å². The third kappa shape index (κ3) is 4.09. The Morgan fingerprint density at radius 1 is 1.00 bits per heavy atom. The number of nitrogens with zero attached hydrogens (tertiary/aromatic N) is 5. The maximum absolute atomic E-state index is 6.18. The molecule has 186 valence electrons. The van der Waals surface area contributed by atoms with Crippen molar-refractivity contribution in [3.05, 3.63) is 89.2 Å². The van der Waals surface area contributed by atoms with Gasteiger partial charge in [-0.25, -0.2) is 15.0 Å². The summed E-state index contributed by atoms with van der Waals surface area (Å²) in [5.41, 5.74) is 9.30. The smallest absolute Gasteiger partial charge is 0.137 e. The van der Waals surface area contributed by atoms with E-state index in [9.17, 15) is 0 Å². The maximum Gasteiger partial charge on any atom is 0.137 e. The number of ether oxygens (including phenoxy) is 1. The van der Waals surface area contributed by atoms with Gasteiger partial charge in [0.1, 0.15) is 30.3 Å². The van der Waals surface area contributed by atoms with E-state index in [1.165, 1.54) is 22.3 Å². The van der Waals surface area contributed by atoms with Crippen LogP contribution >= 0.6 is 0 Å². The summed E-state index contributed by atoms with van der Waals surface area (Å²) >= 11 is 0. The average molecular weight is 491 g/mol. The first-order chi connectivity index (χ1) is 18.1. The normalized spacial score (nSPS) is 19.4. The van der Waals surface area contributed by atoms with Crippen LogP contribution in [0.4, 0.5) is 5.82 Å². The molecule has 2 aromatic heterocycles. The first-order valence-electron chi connectivity index (χ1n) is 13.0. The molecule has 3 aliphatic rings. The van der Waals surface area contributed by atoms with Gasteiger partial charge in [-0.05, 0) is 55.7 Å². The lowest BCUT2D eigenvalue weighted by atomic mass is 10.0. The number of allylic oxidation sites excluding steroid dienone is 2. The number of rotatable bonds is 3. The van der Waals surface area contributed by atoms with Crippen molar-refractivity contribution >= 4 is 16.9 Å². The lowest BCUT2D eigenvalue weighted by Crippen LogP contribution is -2.30.